The maximum Gasteiger partial charge on any atom is 0.257 e. The van der Waals surface area contributed by atoms with Crippen molar-refractivity contribution in [3.63, 3.8) is 0 Å². The van der Waals surface area contributed by atoms with Crippen LogP contribution in [0.25, 0.3) is 21.5 Å². The Morgan fingerprint density at radius 1 is 0.914 bits per heavy atom. The van der Waals surface area contributed by atoms with E-state index in [1.54, 1.807) is 18.3 Å². The highest BCUT2D eigenvalue weighted by molar-refractivity contribution is 7.15. The molecular formula is C27H21N5O2S. The lowest BCUT2D eigenvalue weighted by Crippen LogP contribution is -2.19. The number of anilines is 1. The van der Waals surface area contributed by atoms with Crippen molar-refractivity contribution >= 4 is 56.0 Å². The van der Waals surface area contributed by atoms with Crippen molar-refractivity contribution in [1.29, 1.82) is 0 Å². The van der Waals surface area contributed by atoms with E-state index < -0.39 is 0 Å². The summed E-state index contributed by atoms with van der Waals surface area (Å²) in [5, 5.41) is 20.0. The number of aryl methyl sites for hydroxylation is 1. The SMILES string of the molecule is Cc1ccc(C(=O)Nc2nnc(CC(=O)N/N=C\c3c4ccccc4cc4ccccc34)s2)cc1. The molecule has 0 aliphatic heterocycles. The number of fused-ring (bicyclic) bond motifs is 2. The van der Waals surface area contributed by atoms with E-state index in [0.29, 0.717) is 15.7 Å². The van der Waals surface area contributed by atoms with Gasteiger partial charge in [0.05, 0.1) is 12.6 Å². The summed E-state index contributed by atoms with van der Waals surface area (Å²) in [6.07, 6.45) is 1.68. The first-order chi connectivity index (χ1) is 17.1. The summed E-state index contributed by atoms with van der Waals surface area (Å²) in [6, 6.07) is 25.5. The van der Waals surface area contributed by atoms with Crippen LogP contribution >= 0.6 is 11.3 Å². The summed E-state index contributed by atoms with van der Waals surface area (Å²) < 4.78 is 0. The third-order valence-electron chi connectivity index (χ3n) is 5.51. The van der Waals surface area contributed by atoms with Crippen molar-refractivity contribution in [2.45, 2.75) is 13.3 Å². The fourth-order valence-electron chi connectivity index (χ4n) is 3.78. The zero-order valence-corrected chi connectivity index (χ0v) is 19.7. The van der Waals surface area contributed by atoms with Crippen LogP contribution in [-0.2, 0) is 11.2 Å². The largest absolute Gasteiger partial charge is 0.296 e. The van der Waals surface area contributed by atoms with E-state index in [-0.39, 0.29) is 18.2 Å². The number of nitrogens with one attached hydrogen (secondary N) is 2. The number of hydrogen-bond donors (Lipinski definition) is 2. The molecule has 0 radical (unpaired) electrons. The van der Waals surface area contributed by atoms with Gasteiger partial charge in [0.25, 0.3) is 5.91 Å². The summed E-state index contributed by atoms with van der Waals surface area (Å²) in [4.78, 5) is 24.8. The van der Waals surface area contributed by atoms with Gasteiger partial charge >= 0.3 is 0 Å². The molecule has 0 spiro atoms. The Balaban J connectivity index is 1.25. The number of carbonyl (C=O) groups is 2. The van der Waals surface area contributed by atoms with Crippen molar-refractivity contribution in [3.05, 3.63) is 101 Å². The second-order valence-corrected chi connectivity index (χ2v) is 9.09. The van der Waals surface area contributed by atoms with Gasteiger partial charge < -0.3 is 0 Å². The molecule has 5 rings (SSSR count). The number of nitrogens with zero attached hydrogens (tertiary/aromatic N) is 3. The zero-order chi connectivity index (χ0) is 24.2. The van der Waals surface area contributed by atoms with Gasteiger partial charge in [-0.3, -0.25) is 14.9 Å². The highest BCUT2D eigenvalue weighted by Crippen LogP contribution is 2.27. The van der Waals surface area contributed by atoms with Crippen molar-refractivity contribution in [2.24, 2.45) is 5.10 Å². The average molecular weight is 480 g/mol. The number of benzene rings is 4. The van der Waals surface area contributed by atoms with Gasteiger partial charge in [-0.05, 0) is 46.7 Å². The third kappa shape index (κ3) is 5.07. The van der Waals surface area contributed by atoms with Crippen LogP contribution in [0, 0.1) is 6.92 Å². The first-order valence-corrected chi connectivity index (χ1v) is 11.8. The van der Waals surface area contributed by atoms with Crippen LogP contribution in [0.1, 0.15) is 26.5 Å². The lowest BCUT2D eigenvalue weighted by atomic mass is 9.97. The molecular weight excluding hydrogens is 458 g/mol. The Hall–Kier alpha value is -4.43. The van der Waals surface area contributed by atoms with Crippen LogP contribution in [0.2, 0.25) is 0 Å². The van der Waals surface area contributed by atoms with Gasteiger partial charge in [-0.25, -0.2) is 5.43 Å². The van der Waals surface area contributed by atoms with Gasteiger partial charge in [0, 0.05) is 11.1 Å². The minimum Gasteiger partial charge on any atom is -0.296 e. The van der Waals surface area contributed by atoms with Crippen molar-refractivity contribution in [1.82, 2.24) is 15.6 Å². The topological polar surface area (TPSA) is 96.3 Å². The molecule has 35 heavy (non-hydrogen) atoms. The molecule has 0 saturated carbocycles. The highest BCUT2D eigenvalue weighted by Gasteiger charge is 2.13. The number of carbonyl (C=O) groups excluding carboxylic acids is 2. The van der Waals surface area contributed by atoms with Crippen molar-refractivity contribution < 1.29 is 9.59 Å². The molecule has 0 aliphatic carbocycles. The number of rotatable bonds is 6. The molecule has 2 amide bonds. The molecule has 1 heterocycles. The maximum atomic E-state index is 12.4. The molecule has 0 bridgehead atoms. The van der Waals surface area contributed by atoms with Crippen LogP contribution in [0.4, 0.5) is 5.13 Å². The summed E-state index contributed by atoms with van der Waals surface area (Å²) in [7, 11) is 0. The van der Waals surface area contributed by atoms with E-state index in [1.165, 1.54) is 0 Å². The predicted molar refractivity (Wildman–Crippen MR) is 140 cm³/mol. The average Bonchev–Trinajstić information content (AvgIpc) is 3.30. The number of hydrogen-bond acceptors (Lipinski definition) is 6. The van der Waals surface area contributed by atoms with Gasteiger partial charge in [0.15, 0.2) is 0 Å². The lowest BCUT2D eigenvalue weighted by molar-refractivity contribution is -0.120. The Morgan fingerprint density at radius 3 is 2.26 bits per heavy atom. The van der Waals surface area contributed by atoms with Crippen LogP contribution in [-0.4, -0.2) is 28.2 Å². The smallest absolute Gasteiger partial charge is 0.257 e. The molecule has 2 N–H and O–H groups in total. The van der Waals surface area contributed by atoms with Gasteiger partial charge in [-0.2, -0.15) is 5.10 Å². The molecule has 0 aliphatic rings. The molecule has 0 unspecified atom stereocenters. The normalized spacial score (nSPS) is 11.2. The van der Waals surface area contributed by atoms with Crippen LogP contribution < -0.4 is 10.7 Å². The second kappa shape index (κ2) is 9.82. The standard InChI is InChI=1S/C27H21N5O2S/c1-17-10-12-18(13-11-17)26(34)29-27-32-31-25(35-27)15-24(33)30-28-16-23-21-8-4-2-6-19(21)14-20-7-3-5-9-22(20)23/h2-14,16H,15H2,1H3,(H,30,33)(H,29,32,34)/b28-16-. The lowest BCUT2D eigenvalue weighted by Gasteiger charge is -2.07. The quantitative estimate of drug-likeness (QED) is 0.201. The van der Waals surface area contributed by atoms with Crippen LogP contribution in [0.3, 0.4) is 0 Å². The van der Waals surface area contributed by atoms with E-state index >= 15 is 0 Å². The minimum atomic E-state index is -0.321. The summed E-state index contributed by atoms with van der Waals surface area (Å²) >= 11 is 1.15. The molecule has 4 aromatic carbocycles. The van der Waals surface area contributed by atoms with Gasteiger partial charge in [0.1, 0.15) is 5.01 Å². The Morgan fingerprint density at radius 2 is 1.57 bits per heavy atom. The van der Waals surface area contributed by atoms with Crippen molar-refractivity contribution in [3.8, 4) is 0 Å². The fourth-order valence-corrected chi connectivity index (χ4v) is 4.52. The first kappa shape index (κ1) is 22.4. The van der Waals surface area contributed by atoms with E-state index in [2.05, 4.69) is 44.2 Å². The van der Waals surface area contributed by atoms with E-state index in [9.17, 15) is 9.59 Å². The number of aromatic nitrogens is 2. The minimum absolute atomic E-state index is 0.00565. The molecule has 0 saturated heterocycles. The zero-order valence-electron chi connectivity index (χ0n) is 18.9. The molecule has 7 nitrogen and oxygen atoms in total. The van der Waals surface area contributed by atoms with Gasteiger partial charge in [-0.15, -0.1) is 10.2 Å². The summed E-state index contributed by atoms with van der Waals surface area (Å²) in [6.45, 7) is 1.96. The van der Waals surface area contributed by atoms with E-state index in [4.69, 9.17) is 0 Å². The van der Waals surface area contributed by atoms with Crippen LogP contribution in [0.15, 0.2) is 84.0 Å². The molecule has 5 aromatic rings. The number of hydrazone groups is 1. The summed E-state index contributed by atoms with van der Waals surface area (Å²) in [5.41, 5.74) is 5.11. The molecule has 172 valence electrons. The second-order valence-electron chi connectivity index (χ2n) is 8.02. The van der Waals surface area contributed by atoms with E-state index in [0.717, 1.165) is 44.0 Å². The fraction of sp³-hybridized carbons (Fsp3) is 0.0741. The van der Waals surface area contributed by atoms with E-state index in [1.807, 2.05) is 55.5 Å². The summed E-state index contributed by atoms with van der Waals surface area (Å²) in [5.74, 6) is -0.595. The Bertz CT molecular complexity index is 1520. The predicted octanol–water partition coefficient (Wildman–Crippen LogP) is 5.10. The Kier molecular flexibility index (Phi) is 6.28. The molecule has 1 aromatic heterocycles. The molecule has 0 fully saturated rings. The highest BCUT2D eigenvalue weighted by atomic mass is 32.1. The molecule has 8 heteroatoms. The number of amides is 2. The molecule has 0 atom stereocenters. The van der Waals surface area contributed by atoms with Gasteiger partial charge in [0.2, 0.25) is 11.0 Å². The first-order valence-electron chi connectivity index (χ1n) is 11.0. The van der Waals surface area contributed by atoms with Crippen molar-refractivity contribution in [2.75, 3.05) is 5.32 Å². The maximum absolute atomic E-state index is 12.4. The van der Waals surface area contributed by atoms with Crippen LogP contribution in [0.5, 0.6) is 0 Å². The Labute approximate surface area is 205 Å². The third-order valence-corrected chi connectivity index (χ3v) is 6.35. The van der Waals surface area contributed by atoms with Gasteiger partial charge in [-0.1, -0.05) is 77.6 Å². The monoisotopic (exact) mass is 479 g/mol.